The largest absolute Gasteiger partial charge is 0.384 e. The van der Waals surface area contributed by atoms with Crippen LogP contribution in [0.1, 0.15) is 26.3 Å². The first-order chi connectivity index (χ1) is 10.4. The molecule has 1 aromatic rings. The van der Waals surface area contributed by atoms with Crippen molar-refractivity contribution in [2.75, 3.05) is 13.1 Å². The molecule has 1 aliphatic heterocycles. The minimum atomic E-state index is 0.0510. The van der Waals surface area contributed by atoms with Gasteiger partial charge in [0.2, 0.25) is 5.96 Å². The van der Waals surface area contributed by atoms with Crippen LogP contribution in [0.15, 0.2) is 39.3 Å². The highest BCUT2D eigenvalue weighted by Gasteiger charge is 2.27. The lowest BCUT2D eigenvalue weighted by Crippen LogP contribution is -2.36. The average molecular weight is 318 g/mol. The first-order valence-electron chi connectivity index (χ1n) is 7.16. The van der Waals surface area contributed by atoms with E-state index < -0.39 is 0 Å². The Kier molecular flexibility index (Phi) is 5.07. The Balaban J connectivity index is 2.04. The SMILES string of the molecule is CCN=C(NSc1cccc(C(=N)N)c1)N1CC(C)(C)C=N1. The first-order valence-corrected chi connectivity index (χ1v) is 7.97. The quantitative estimate of drug-likeness (QED) is 0.451. The van der Waals surface area contributed by atoms with Crippen LogP contribution in [0.4, 0.5) is 0 Å². The third-order valence-corrected chi connectivity index (χ3v) is 3.84. The topological polar surface area (TPSA) is 89.9 Å². The van der Waals surface area contributed by atoms with Gasteiger partial charge in [0.15, 0.2) is 0 Å². The number of hydrogen-bond acceptors (Lipinski definition) is 4. The molecule has 1 aromatic carbocycles. The molecule has 0 fully saturated rings. The molecule has 118 valence electrons. The highest BCUT2D eigenvalue weighted by molar-refractivity contribution is 7.98. The number of nitrogens with one attached hydrogen (secondary N) is 2. The summed E-state index contributed by atoms with van der Waals surface area (Å²) in [6.07, 6.45) is 1.95. The summed E-state index contributed by atoms with van der Waals surface area (Å²) in [5.74, 6) is 0.804. The Morgan fingerprint density at radius 3 is 2.91 bits per heavy atom. The van der Waals surface area contributed by atoms with E-state index in [1.54, 1.807) is 0 Å². The van der Waals surface area contributed by atoms with Crippen molar-refractivity contribution in [2.45, 2.75) is 25.7 Å². The summed E-state index contributed by atoms with van der Waals surface area (Å²) in [4.78, 5) is 5.45. The Bertz CT molecular complexity index is 608. The molecule has 0 unspecified atom stereocenters. The smallest absolute Gasteiger partial charge is 0.225 e. The fraction of sp³-hybridized carbons (Fsp3) is 0.400. The first kappa shape index (κ1) is 16.4. The van der Waals surface area contributed by atoms with E-state index in [1.165, 1.54) is 11.9 Å². The molecule has 0 bridgehead atoms. The second-order valence-electron chi connectivity index (χ2n) is 5.73. The van der Waals surface area contributed by atoms with E-state index >= 15 is 0 Å². The molecule has 0 atom stereocenters. The Morgan fingerprint density at radius 2 is 2.32 bits per heavy atom. The molecule has 1 aliphatic rings. The van der Waals surface area contributed by atoms with Gasteiger partial charge in [-0.3, -0.25) is 15.1 Å². The van der Waals surface area contributed by atoms with Crippen molar-refractivity contribution < 1.29 is 0 Å². The maximum atomic E-state index is 7.49. The van der Waals surface area contributed by atoms with Crippen LogP contribution >= 0.6 is 11.9 Å². The highest BCUT2D eigenvalue weighted by Crippen LogP contribution is 2.22. The summed E-state index contributed by atoms with van der Waals surface area (Å²) in [5.41, 5.74) is 6.28. The summed E-state index contributed by atoms with van der Waals surface area (Å²) in [6, 6.07) is 7.54. The fourth-order valence-electron chi connectivity index (χ4n) is 1.97. The number of aliphatic imine (C=N–C) groups is 1. The molecule has 7 heteroatoms. The van der Waals surface area contributed by atoms with Gasteiger partial charge in [0, 0.05) is 28.6 Å². The van der Waals surface area contributed by atoms with Crippen LogP contribution in [0.2, 0.25) is 0 Å². The van der Waals surface area contributed by atoms with Crippen LogP contribution in [0.5, 0.6) is 0 Å². The molecule has 0 spiro atoms. The zero-order chi connectivity index (χ0) is 16.2. The lowest BCUT2D eigenvalue weighted by atomic mass is 9.97. The predicted octanol–water partition coefficient (Wildman–Crippen LogP) is 2.27. The van der Waals surface area contributed by atoms with Gasteiger partial charge in [-0.15, -0.1) is 0 Å². The van der Waals surface area contributed by atoms with Crippen LogP contribution < -0.4 is 10.5 Å². The third kappa shape index (κ3) is 4.24. The van der Waals surface area contributed by atoms with E-state index in [2.05, 4.69) is 28.7 Å². The molecule has 1 heterocycles. The number of amidine groups is 1. The van der Waals surface area contributed by atoms with Crippen molar-refractivity contribution in [3.05, 3.63) is 29.8 Å². The van der Waals surface area contributed by atoms with Crippen molar-refractivity contribution in [3.63, 3.8) is 0 Å². The molecule has 4 N–H and O–H groups in total. The van der Waals surface area contributed by atoms with Crippen LogP contribution in [-0.4, -0.2) is 36.1 Å². The number of guanidine groups is 1. The van der Waals surface area contributed by atoms with Gasteiger partial charge in [0.05, 0.1) is 6.54 Å². The monoisotopic (exact) mass is 318 g/mol. The van der Waals surface area contributed by atoms with Crippen molar-refractivity contribution in [1.82, 2.24) is 9.73 Å². The summed E-state index contributed by atoms with van der Waals surface area (Å²) < 4.78 is 3.25. The normalized spacial score (nSPS) is 16.9. The third-order valence-electron chi connectivity index (χ3n) is 3.06. The minimum Gasteiger partial charge on any atom is -0.384 e. The number of hydrogen-bond donors (Lipinski definition) is 3. The van der Waals surface area contributed by atoms with Gasteiger partial charge in [0.1, 0.15) is 5.84 Å². The van der Waals surface area contributed by atoms with E-state index in [-0.39, 0.29) is 11.3 Å². The number of rotatable bonds is 4. The van der Waals surface area contributed by atoms with Crippen molar-refractivity contribution in [2.24, 2.45) is 21.2 Å². The molecular weight excluding hydrogens is 296 g/mol. The molecule has 0 aromatic heterocycles. The highest BCUT2D eigenvalue weighted by atomic mass is 32.2. The number of nitrogens with zero attached hydrogens (tertiary/aromatic N) is 3. The van der Waals surface area contributed by atoms with Crippen molar-refractivity contribution in [1.29, 1.82) is 5.41 Å². The lowest BCUT2D eigenvalue weighted by molar-refractivity contribution is 0.380. The molecule has 0 amide bonds. The van der Waals surface area contributed by atoms with Gasteiger partial charge in [-0.2, -0.15) is 5.10 Å². The van der Waals surface area contributed by atoms with Gasteiger partial charge in [-0.1, -0.05) is 26.0 Å². The maximum absolute atomic E-state index is 7.49. The molecule has 0 radical (unpaired) electrons. The molecule has 0 aliphatic carbocycles. The van der Waals surface area contributed by atoms with Crippen molar-refractivity contribution >= 4 is 30.0 Å². The fourth-order valence-corrected chi connectivity index (χ4v) is 2.68. The number of benzene rings is 1. The second-order valence-corrected chi connectivity index (χ2v) is 6.61. The van der Waals surface area contributed by atoms with Crippen LogP contribution in [-0.2, 0) is 0 Å². The molecule has 6 nitrogen and oxygen atoms in total. The van der Waals surface area contributed by atoms with Gasteiger partial charge in [-0.05, 0) is 31.0 Å². The Morgan fingerprint density at radius 1 is 1.55 bits per heavy atom. The standard InChI is InChI=1S/C15H22N6S/c1-4-18-14(21-10-15(2,3)9-19-21)20-22-12-7-5-6-11(8-12)13(16)17/h5-9H,4,10H2,1-3H3,(H3,16,17)(H,18,20). The van der Waals surface area contributed by atoms with Gasteiger partial charge < -0.3 is 5.73 Å². The zero-order valence-electron chi connectivity index (χ0n) is 13.1. The van der Waals surface area contributed by atoms with E-state index in [0.29, 0.717) is 12.1 Å². The van der Waals surface area contributed by atoms with E-state index in [4.69, 9.17) is 11.1 Å². The molecule has 0 saturated heterocycles. The van der Waals surface area contributed by atoms with Gasteiger partial charge >= 0.3 is 0 Å². The van der Waals surface area contributed by atoms with E-state index in [1.807, 2.05) is 42.4 Å². The minimum absolute atomic E-state index is 0.0510. The maximum Gasteiger partial charge on any atom is 0.225 e. The number of nitrogens with two attached hydrogens (primary N) is 1. The van der Waals surface area contributed by atoms with Gasteiger partial charge in [0.25, 0.3) is 0 Å². The van der Waals surface area contributed by atoms with Crippen LogP contribution in [0.3, 0.4) is 0 Å². The summed E-state index contributed by atoms with van der Waals surface area (Å²) in [6.45, 7) is 7.76. The molecule has 2 rings (SSSR count). The lowest BCUT2D eigenvalue weighted by Gasteiger charge is -2.21. The number of nitrogen functional groups attached to an aromatic ring is 1. The average Bonchev–Trinajstić information content (AvgIpc) is 2.84. The van der Waals surface area contributed by atoms with Gasteiger partial charge in [-0.25, -0.2) is 5.01 Å². The predicted molar refractivity (Wildman–Crippen MR) is 93.4 cm³/mol. The Hall–Kier alpha value is -2.02. The molecule has 22 heavy (non-hydrogen) atoms. The zero-order valence-corrected chi connectivity index (χ0v) is 13.9. The molecular formula is C15H22N6S. The van der Waals surface area contributed by atoms with E-state index in [0.717, 1.165) is 17.4 Å². The van der Waals surface area contributed by atoms with Crippen LogP contribution in [0.25, 0.3) is 0 Å². The van der Waals surface area contributed by atoms with Crippen molar-refractivity contribution in [3.8, 4) is 0 Å². The van der Waals surface area contributed by atoms with Crippen LogP contribution in [0, 0.1) is 10.8 Å². The molecule has 0 saturated carbocycles. The van der Waals surface area contributed by atoms with E-state index in [9.17, 15) is 0 Å². The summed E-state index contributed by atoms with van der Waals surface area (Å²) >= 11 is 1.44. The summed E-state index contributed by atoms with van der Waals surface area (Å²) in [5, 5.41) is 13.8. The number of hydrazone groups is 1. The second kappa shape index (κ2) is 6.83. The summed E-state index contributed by atoms with van der Waals surface area (Å²) in [7, 11) is 0. The Labute approximate surface area is 135 Å².